The van der Waals surface area contributed by atoms with Gasteiger partial charge in [-0.25, -0.2) is 0 Å². The summed E-state index contributed by atoms with van der Waals surface area (Å²) in [5, 5.41) is 0. The molecule has 1 heterocycles. The second-order valence-electron chi connectivity index (χ2n) is 7.31. The zero-order valence-electron chi connectivity index (χ0n) is 15.9. The Kier molecular flexibility index (Phi) is 5.12. The highest BCUT2D eigenvalue weighted by Crippen LogP contribution is 2.35. The van der Waals surface area contributed by atoms with Crippen LogP contribution in [0.3, 0.4) is 0 Å². The van der Waals surface area contributed by atoms with E-state index in [0.29, 0.717) is 12.5 Å². The Morgan fingerprint density at radius 3 is 2.46 bits per heavy atom. The highest BCUT2D eigenvalue weighted by Gasteiger charge is 2.38. The van der Waals surface area contributed by atoms with Crippen molar-refractivity contribution in [1.29, 1.82) is 0 Å². The quantitative estimate of drug-likeness (QED) is 0.832. The van der Waals surface area contributed by atoms with Crippen LogP contribution in [0, 0.1) is 12.8 Å². The summed E-state index contributed by atoms with van der Waals surface area (Å²) in [5.74, 6) is 0.0273. The fourth-order valence-electron chi connectivity index (χ4n) is 3.66. The fourth-order valence-corrected chi connectivity index (χ4v) is 3.66. The van der Waals surface area contributed by atoms with Crippen LogP contribution in [0.15, 0.2) is 48.5 Å². The van der Waals surface area contributed by atoms with E-state index >= 15 is 0 Å². The normalized spacial score (nSPS) is 17.0. The van der Waals surface area contributed by atoms with Crippen molar-refractivity contribution < 1.29 is 9.59 Å². The third kappa shape index (κ3) is 3.36. The molecule has 3 rings (SSSR count). The average Bonchev–Trinajstić information content (AvgIpc) is 3.02. The Morgan fingerprint density at radius 1 is 1.12 bits per heavy atom. The zero-order chi connectivity index (χ0) is 18.8. The van der Waals surface area contributed by atoms with Crippen molar-refractivity contribution in [2.24, 2.45) is 5.92 Å². The van der Waals surface area contributed by atoms with Crippen molar-refractivity contribution in [3.05, 3.63) is 59.7 Å². The van der Waals surface area contributed by atoms with Crippen LogP contribution in [-0.4, -0.2) is 25.4 Å². The van der Waals surface area contributed by atoms with Crippen LogP contribution < -0.4 is 9.80 Å². The van der Waals surface area contributed by atoms with Gasteiger partial charge in [-0.15, -0.1) is 0 Å². The number of amides is 2. The molecule has 0 radical (unpaired) electrons. The molecule has 0 N–H and O–H groups in total. The lowest BCUT2D eigenvalue weighted by atomic mass is 9.97. The van der Waals surface area contributed by atoms with Crippen molar-refractivity contribution in [2.75, 3.05) is 23.4 Å². The Bertz CT molecular complexity index is 814. The fraction of sp³-hybridized carbons (Fsp3) is 0.364. The number of carbonyl (C=O) groups is 2. The monoisotopic (exact) mass is 350 g/mol. The number of nitrogens with zero attached hydrogens (tertiary/aromatic N) is 2. The third-order valence-corrected chi connectivity index (χ3v) is 5.11. The molecule has 136 valence electrons. The van der Waals surface area contributed by atoms with Crippen molar-refractivity contribution >= 4 is 23.2 Å². The molecule has 0 aromatic heterocycles. The van der Waals surface area contributed by atoms with Gasteiger partial charge in [0.1, 0.15) is 0 Å². The summed E-state index contributed by atoms with van der Waals surface area (Å²) in [6.45, 7) is 6.73. The van der Waals surface area contributed by atoms with Crippen molar-refractivity contribution in [1.82, 2.24) is 0 Å². The Balaban J connectivity index is 1.85. The Morgan fingerprint density at radius 2 is 1.81 bits per heavy atom. The van der Waals surface area contributed by atoms with Gasteiger partial charge in [0.25, 0.3) is 0 Å². The largest absolute Gasteiger partial charge is 0.315 e. The van der Waals surface area contributed by atoms with Crippen molar-refractivity contribution in [2.45, 2.75) is 33.1 Å². The third-order valence-electron chi connectivity index (χ3n) is 5.11. The van der Waals surface area contributed by atoms with Crippen LogP contribution in [0.2, 0.25) is 0 Å². The first-order valence-corrected chi connectivity index (χ1v) is 9.12. The first-order chi connectivity index (χ1) is 12.4. The van der Waals surface area contributed by atoms with E-state index in [1.165, 1.54) is 0 Å². The molecule has 2 aromatic rings. The summed E-state index contributed by atoms with van der Waals surface area (Å²) in [6, 6.07) is 15.7. The van der Waals surface area contributed by atoms with E-state index in [2.05, 4.69) is 19.9 Å². The van der Waals surface area contributed by atoms with Crippen LogP contribution in [0.4, 0.5) is 11.4 Å². The van der Waals surface area contributed by atoms with E-state index < -0.39 is 0 Å². The predicted octanol–water partition coefficient (Wildman–Crippen LogP) is 4.13. The van der Waals surface area contributed by atoms with E-state index in [-0.39, 0.29) is 24.2 Å². The molecule has 0 aliphatic carbocycles. The lowest BCUT2D eigenvalue weighted by molar-refractivity contribution is -0.124. The number of para-hydroxylation sites is 2. The summed E-state index contributed by atoms with van der Waals surface area (Å²) in [4.78, 5) is 29.1. The van der Waals surface area contributed by atoms with Crippen LogP contribution in [0.1, 0.15) is 37.3 Å². The molecule has 0 bridgehead atoms. The molecule has 26 heavy (non-hydrogen) atoms. The van der Waals surface area contributed by atoms with Crippen molar-refractivity contribution in [3.8, 4) is 0 Å². The van der Waals surface area contributed by atoms with Crippen LogP contribution >= 0.6 is 0 Å². The lowest BCUT2D eigenvalue weighted by Gasteiger charge is -2.25. The number of hydrogen-bond donors (Lipinski definition) is 0. The van der Waals surface area contributed by atoms with E-state index in [1.54, 1.807) is 11.9 Å². The molecule has 1 aliphatic rings. The molecule has 1 aliphatic heterocycles. The lowest BCUT2D eigenvalue weighted by Crippen LogP contribution is -2.35. The van der Waals surface area contributed by atoms with E-state index in [1.807, 2.05) is 54.3 Å². The van der Waals surface area contributed by atoms with E-state index in [4.69, 9.17) is 0 Å². The first kappa shape index (κ1) is 18.2. The van der Waals surface area contributed by atoms with Gasteiger partial charge in [0.2, 0.25) is 11.8 Å². The summed E-state index contributed by atoms with van der Waals surface area (Å²) < 4.78 is 0. The molecule has 1 saturated heterocycles. The minimum absolute atomic E-state index is 0.00766. The minimum atomic E-state index is -0.313. The number of carbonyl (C=O) groups excluding carboxylic acids is 2. The maximum atomic E-state index is 12.9. The van der Waals surface area contributed by atoms with Crippen LogP contribution in [0.25, 0.3) is 0 Å². The van der Waals surface area contributed by atoms with Gasteiger partial charge in [-0.2, -0.15) is 0 Å². The molecule has 2 aromatic carbocycles. The SMILES string of the molecule is Cc1cccc(C(C)C)c1N1CC(C(=O)N(C)c2ccccc2)CC1=O. The first-order valence-electron chi connectivity index (χ1n) is 9.12. The Labute approximate surface area is 155 Å². The molecule has 1 fully saturated rings. The molecule has 1 atom stereocenters. The predicted molar refractivity (Wildman–Crippen MR) is 106 cm³/mol. The molecule has 2 amide bonds. The van der Waals surface area contributed by atoms with Crippen LogP contribution in [-0.2, 0) is 9.59 Å². The van der Waals surface area contributed by atoms with Gasteiger partial charge >= 0.3 is 0 Å². The smallest absolute Gasteiger partial charge is 0.232 e. The molecule has 4 nitrogen and oxygen atoms in total. The van der Waals surface area contributed by atoms with Gasteiger partial charge in [-0.3, -0.25) is 9.59 Å². The summed E-state index contributed by atoms with van der Waals surface area (Å²) in [6.07, 6.45) is 0.266. The van der Waals surface area contributed by atoms with Gasteiger partial charge in [0, 0.05) is 31.4 Å². The second kappa shape index (κ2) is 7.32. The molecule has 0 spiro atoms. The number of anilines is 2. The molecule has 0 saturated carbocycles. The average molecular weight is 350 g/mol. The topological polar surface area (TPSA) is 40.6 Å². The number of benzene rings is 2. The maximum absolute atomic E-state index is 12.9. The Hall–Kier alpha value is -2.62. The molecule has 1 unspecified atom stereocenters. The zero-order valence-corrected chi connectivity index (χ0v) is 15.9. The summed E-state index contributed by atoms with van der Waals surface area (Å²) in [5.41, 5.74) is 4.06. The van der Waals surface area contributed by atoms with E-state index in [9.17, 15) is 9.59 Å². The van der Waals surface area contributed by atoms with Gasteiger partial charge in [-0.05, 0) is 36.1 Å². The highest BCUT2D eigenvalue weighted by atomic mass is 16.2. The van der Waals surface area contributed by atoms with Gasteiger partial charge in [-0.1, -0.05) is 50.2 Å². The number of rotatable bonds is 4. The molecular formula is C22H26N2O2. The summed E-state index contributed by atoms with van der Waals surface area (Å²) in [7, 11) is 1.78. The van der Waals surface area contributed by atoms with Gasteiger partial charge in [0.05, 0.1) is 5.92 Å². The molecule has 4 heteroatoms. The van der Waals surface area contributed by atoms with Crippen LogP contribution in [0.5, 0.6) is 0 Å². The minimum Gasteiger partial charge on any atom is -0.315 e. The maximum Gasteiger partial charge on any atom is 0.232 e. The van der Waals surface area contributed by atoms with E-state index in [0.717, 1.165) is 22.5 Å². The highest BCUT2D eigenvalue weighted by molar-refractivity contribution is 6.05. The molecular weight excluding hydrogens is 324 g/mol. The van der Waals surface area contributed by atoms with Crippen molar-refractivity contribution in [3.63, 3.8) is 0 Å². The number of hydrogen-bond acceptors (Lipinski definition) is 2. The summed E-state index contributed by atoms with van der Waals surface area (Å²) >= 11 is 0. The van der Waals surface area contributed by atoms with Gasteiger partial charge in [0.15, 0.2) is 0 Å². The second-order valence-corrected chi connectivity index (χ2v) is 7.31. The van der Waals surface area contributed by atoms with Gasteiger partial charge < -0.3 is 9.80 Å². The standard InChI is InChI=1S/C22H26N2O2/c1-15(2)19-12-8-9-16(3)21(19)24-14-17(13-20(24)25)22(26)23(4)18-10-6-5-7-11-18/h5-12,15,17H,13-14H2,1-4H3. The number of aryl methyl sites for hydroxylation is 1.